The fourth-order valence-corrected chi connectivity index (χ4v) is 9.33. The number of hydrogen-bond donors (Lipinski definition) is 2. The zero-order valence-corrected chi connectivity index (χ0v) is 38.8. The van der Waals surface area contributed by atoms with Crippen LogP contribution in [-0.4, -0.2) is 102 Å². The second-order valence-electron chi connectivity index (χ2n) is 17.2. The molecule has 2 aliphatic heterocycles. The van der Waals surface area contributed by atoms with E-state index < -0.39 is 36.3 Å². The highest BCUT2D eigenvalue weighted by Gasteiger charge is 2.37. The van der Waals surface area contributed by atoms with E-state index in [2.05, 4.69) is 72.5 Å². The van der Waals surface area contributed by atoms with Crippen molar-refractivity contribution in [2.24, 2.45) is 0 Å². The molecule has 0 saturated carbocycles. The quantitative estimate of drug-likeness (QED) is 0.0883. The van der Waals surface area contributed by atoms with Gasteiger partial charge in [0.25, 0.3) is 12.9 Å². The van der Waals surface area contributed by atoms with Crippen LogP contribution in [0.5, 0.6) is 11.5 Å². The molecule has 6 aromatic rings. The highest BCUT2D eigenvalue weighted by molar-refractivity contribution is 6.31. The number of hydrogen-bond acceptors (Lipinski definition) is 12. The molecule has 0 aliphatic carbocycles. The Morgan fingerprint density at radius 1 is 0.677 bits per heavy atom. The number of nitrogen functional groups attached to an aromatic ring is 2. The number of benzene rings is 2. The lowest BCUT2D eigenvalue weighted by Gasteiger charge is -2.43. The zero-order valence-electron chi connectivity index (χ0n) is 38.0. The van der Waals surface area contributed by atoms with Gasteiger partial charge < -0.3 is 20.9 Å². The molecular formula is C45H54ClF4N13O2. The lowest BCUT2D eigenvalue weighted by molar-refractivity contribution is 0.108. The Bertz CT molecular complexity index is 2780. The molecule has 4 aromatic heterocycles. The summed E-state index contributed by atoms with van der Waals surface area (Å²) in [5, 5.41) is 9.05. The first-order valence-electron chi connectivity index (χ1n) is 21.3. The normalized spacial score (nSPS) is 16.0. The zero-order chi connectivity index (χ0) is 47.3. The maximum absolute atomic E-state index is 13.7. The van der Waals surface area contributed by atoms with Gasteiger partial charge in [-0.3, -0.25) is 9.80 Å². The topological polar surface area (TPSA) is 169 Å². The van der Waals surface area contributed by atoms with Crippen molar-refractivity contribution in [3.63, 3.8) is 0 Å². The number of halogens is 5. The summed E-state index contributed by atoms with van der Waals surface area (Å²) in [6, 6.07) is 3.46. The van der Waals surface area contributed by atoms with E-state index in [4.69, 9.17) is 39.1 Å². The van der Waals surface area contributed by atoms with E-state index in [1.165, 1.54) is 22.0 Å². The number of methoxy groups -OCH3 is 2. The summed E-state index contributed by atoms with van der Waals surface area (Å²) in [5.41, 5.74) is 17.2. The first kappa shape index (κ1) is 47.1. The highest BCUT2D eigenvalue weighted by Crippen LogP contribution is 2.47. The molecule has 0 amide bonds. The van der Waals surface area contributed by atoms with E-state index in [0.717, 1.165) is 54.0 Å². The number of fused-ring (bicyclic) bond motifs is 2. The molecule has 8 rings (SSSR count). The largest absolute Gasteiger partial charge is 0.496 e. The van der Waals surface area contributed by atoms with Crippen LogP contribution < -0.4 is 20.9 Å². The van der Waals surface area contributed by atoms with Crippen molar-refractivity contribution in [3.8, 4) is 11.5 Å². The molecule has 4 N–H and O–H groups in total. The Labute approximate surface area is 379 Å². The van der Waals surface area contributed by atoms with Crippen molar-refractivity contribution in [1.29, 1.82) is 0 Å². The average molecular weight is 920 g/mol. The maximum Gasteiger partial charge on any atom is 0.282 e. The van der Waals surface area contributed by atoms with Gasteiger partial charge in [-0.1, -0.05) is 11.6 Å². The van der Waals surface area contributed by atoms with Gasteiger partial charge in [-0.05, 0) is 84.2 Å². The molecule has 2 saturated heterocycles. The van der Waals surface area contributed by atoms with Crippen LogP contribution in [0.4, 0.5) is 34.9 Å². The number of rotatable bonds is 12. The number of anilines is 2. The summed E-state index contributed by atoms with van der Waals surface area (Å²) in [6.45, 7) is 27.5. The van der Waals surface area contributed by atoms with Gasteiger partial charge in [0.2, 0.25) is 0 Å². The number of aromatic nitrogens is 8. The molecule has 2 aromatic carbocycles. The fraction of sp³-hybridized carbons (Fsp3) is 0.489. The molecule has 346 valence electrons. The predicted molar refractivity (Wildman–Crippen MR) is 243 cm³/mol. The maximum atomic E-state index is 13.7. The van der Waals surface area contributed by atoms with E-state index in [-0.39, 0.29) is 45.5 Å². The van der Waals surface area contributed by atoms with Crippen LogP contribution in [0, 0.1) is 20.4 Å². The molecule has 2 atom stereocenters. The average Bonchev–Trinajstić information content (AvgIpc) is 3.83. The second kappa shape index (κ2) is 18.6. The number of likely N-dealkylation sites (tertiary alicyclic amines) is 2. The first-order chi connectivity index (χ1) is 30.8. The number of nitrogens with zero attached hydrogens (tertiary/aromatic N) is 11. The van der Waals surface area contributed by atoms with E-state index in [0.29, 0.717) is 39.9 Å². The van der Waals surface area contributed by atoms with Crippen LogP contribution in [0.15, 0.2) is 24.8 Å². The molecule has 6 heterocycles. The van der Waals surface area contributed by atoms with Crippen molar-refractivity contribution in [2.75, 3.05) is 51.9 Å². The third kappa shape index (κ3) is 8.36. The van der Waals surface area contributed by atoms with E-state index in [9.17, 15) is 17.6 Å². The van der Waals surface area contributed by atoms with Gasteiger partial charge in [0, 0.05) is 71.8 Å². The van der Waals surface area contributed by atoms with Gasteiger partial charge in [0.15, 0.2) is 17.0 Å². The van der Waals surface area contributed by atoms with Gasteiger partial charge in [-0.15, -0.1) is 0 Å². The third-order valence-electron chi connectivity index (χ3n) is 12.9. The molecule has 0 radical (unpaired) electrons. The minimum atomic E-state index is -2.83. The summed E-state index contributed by atoms with van der Waals surface area (Å²) >= 11 is 6.64. The molecule has 65 heavy (non-hydrogen) atoms. The van der Waals surface area contributed by atoms with Crippen LogP contribution in [0.3, 0.4) is 0 Å². The number of ether oxygens (including phenoxy) is 2. The first-order valence-corrected chi connectivity index (χ1v) is 21.7. The molecule has 2 fully saturated rings. The molecular weight excluding hydrogens is 866 g/mol. The van der Waals surface area contributed by atoms with Gasteiger partial charge >= 0.3 is 0 Å². The second-order valence-corrected chi connectivity index (χ2v) is 17.6. The van der Waals surface area contributed by atoms with Gasteiger partial charge in [-0.25, -0.2) is 51.7 Å². The Kier molecular flexibility index (Phi) is 13.5. The summed E-state index contributed by atoms with van der Waals surface area (Å²) in [5.74, 6) is 1.79. The van der Waals surface area contributed by atoms with Crippen LogP contribution in [0.2, 0.25) is 5.02 Å². The monoisotopic (exact) mass is 919 g/mol. The minimum Gasteiger partial charge on any atom is -0.496 e. The molecule has 2 aliphatic rings. The van der Waals surface area contributed by atoms with Crippen LogP contribution in [-0.2, 0) is 0 Å². The van der Waals surface area contributed by atoms with Crippen molar-refractivity contribution in [3.05, 3.63) is 86.0 Å². The van der Waals surface area contributed by atoms with Crippen LogP contribution in [0.25, 0.3) is 26.9 Å². The van der Waals surface area contributed by atoms with Gasteiger partial charge in [0.1, 0.15) is 47.2 Å². The lowest BCUT2D eigenvalue weighted by atomic mass is 9.84. The predicted octanol–water partition coefficient (Wildman–Crippen LogP) is 9.36. The summed E-state index contributed by atoms with van der Waals surface area (Å²) in [4.78, 5) is 24.6. The van der Waals surface area contributed by atoms with Crippen molar-refractivity contribution >= 4 is 51.0 Å². The van der Waals surface area contributed by atoms with E-state index in [1.807, 2.05) is 33.8 Å². The van der Waals surface area contributed by atoms with Gasteiger partial charge in [-0.2, -0.15) is 10.2 Å². The molecule has 0 spiro atoms. The van der Waals surface area contributed by atoms with Crippen molar-refractivity contribution in [2.45, 2.75) is 104 Å². The summed E-state index contributed by atoms with van der Waals surface area (Å²) < 4.78 is 69.5. The number of nitrogens with two attached hydrogens (primary N) is 2. The Hall–Kier alpha value is -5.84. The SMILES string of the molecule is COc1c(C(C)n2nc(C(F)F)c3c(N)ncnc32)cc(Cl)c(C)c1C1CN(C(C)C)C1.[C-]#[N+]c1cc(C(C)n2nc(C(F)F)c3c(N)ncnc32)c(OC)c(C2CN(C(C)C)C2)c1C. The Balaban J connectivity index is 0.000000194. The highest BCUT2D eigenvalue weighted by atomic mass is 35.5. The molecule has 0 bridgehead atoms. The molecule has 2 unspecified atom stereocenters. The van der Waals surface area contributed by atoms with E-state index in [1.54, 1.807) is 20.3 Å². The summed E-state index contributed by atoms with van der Waals surface area (Å²) in [6.07, 6.45) is -3.16. The molecule has 15 nitrogen and oxygen atoms in total. The Morgan fingerprint density at radius 2 is 1.08 bits per heavy atom. The van der Waals surface area contributed by atoms with Crippen molar-refractivity contribution in [1.82, 2.24) is 49.3 Å². The third-order valence-corrected chi connectivity index (χ3v) is 13.3. The fourth-order valence-electron chi connectivity index (χ4n) is 9.11. The lowest BCUT2D eigenvalue weighted by Crippen LogP contribution is -2.48. The van der Waals surface area contributed by atoms with Crippen LogP contribution >= 0.6 is 11.6 Å². The smallest absolute Gasteiger partial charge is 0.282 e. The standard InChI is InChI=1S/C23H27F2N7O.C22H27ClF2N6O/c1-11(2)31-8-14(9-31)17-12(3)16(27-5)7-15(20(17)33-6)13(4)32-23-18(19(30-32)21(24)25)22(26)28-10-29-23;1-10(2)30-7-13(8-30)16-11(3)15(23)6-14(19(16)32-5)12(4)31-22-17(18(29-31)20(24)25)21(26)27-9-28-22/h7,10-11,13-14,21H,8-9H2,1-4,6H3,(H2,26,28,29);6,9-10,12-13,20H,7-8H2,1-5H3,(H2,26,27,28). The van der Waals surface area contributed by atoms with E-state index >= 15 is 0 Å². The number of alkyl halides is 4. The minimum absolute atomic E-state index is 0.0263. The van der Waals surface area contributed by atoms with Crippen molar-refractivity contribution < 1.29 is 27.0 Å². The molecule has 20 heteroatoms. The van der Waals surface area contributed by atoms with Gasteiger partial charge in [0.05, 0.1) is 43.6 Å². The summed E-state index contributed by atoms with van der Waals surface area (Å²) in [7, 11) is 3.21. The Morgan fingerprint density at radius 3 is 1.45 bits per heavy atom. The van der Waals surface area contributed by atoms with Crippen LogP contribution in [0.1, 0.15) is 123 Å².